The number of aromatic nitrogens is 3. The Kier molecular flexibility index (Phi) is 4.57. The first-order chi connectivity index (χ1) is 40.0. The van der Waals surface area contributed by atoms with Crippen LogP contribution in [-0.4, -0.2) is 13.7 Å². The van der Waals surface area contributed by atoms with Gasteiger partial charge in [0.2, 0.25) is 0 Å². The van der Waals surface area contributed by atoms with Gasteiger partial charge in [-0.25, -0.2) is 0 Å². The zero-order valence-electron chi connectivity index (χ0n) is 53.7. The van der Waals surface area contributed by atoms with E-state index in [1.165, 1.54) is 9.13 Å². The Labute approximate surface area is 394 Å². The summed E-state index contributed by atoms with van der Waals surface area (Å²) in [6, 6.07) is 17.4. The van der Waals surface area contributed by atoms with Crippen LogP contribution < -0.4 is 0 Å². The van der Waals surface area contributed by atoms with Gasteiger partial charge in [-0.3, -0.25) is 0 Å². The van der Waals surface area contributed by atoms with E-state index in [0.29, 0.717) is 22.5 Å². The molecule has 0 spiro atoms. The van der Waals surface area contributed by atoms with Crippen molar-refractivity contribution in [3.05, 3.63) is 236 Å². The van der Waals surface area contributed by atoms with Gasteiger partial charge in [0.15, 0.2) is 0 Å². The van der Waals surface area contributed by atoms with Crippen LogP contribution >= 0.6 is 0 Å². The van der Waals surface area contributed by atoms with Gasteiger partial charge in [-0.15, -0.1) is 0 Å². The molecule has 0 bridgehead atoms. The van der Waals surface area contributed by atoms with Gasteiger partial charge in [0, 0.05) is 49.4 Å². The molecule has 0 unspecified atom stereocenters. The average molecular weight is 823 g/mol. The number of hydrogen-bond donors (Lipinski definition) is 0. The molecule has 0 fully saturated rings. The molecule has 0 aliphatic heterocycles. The maximum Gasteiger partial charge on any atom is 0.0652 e. The van der Waals surface area contributed by atoms with Crippen molar-refractivity contribution in [2.45, 2.75) is 0 Å². The fraction of sp³-hybridized carbons (Fsp3) is 0. The van der Waals surface area contributed by atoms with Crippen LogP contribution in [0.3, 0.4) is 0 Å². The Balaban J connectivity index is 1.16. The molecule has 0 aliphatic rings. The minimum Gasteiger partial charge on any atom is -0.309 e. The predicted octanol–water partition coefficient (Wildman–Crippen LogP) is 16.0. The van der Waals surface area contributed by atoms with Gasteiger partial charge < -0.3 is 13.7 Å². The van der Waals surface area contributed by atoms with Crippen molar-refractivity contribution in [2.75, 3.05) is 0 Å². The Morgan fingerprint density at radius 1 is 0.254 bits per heavy atom. The van der Waals surface area contributed by atoms with E-state index in [1.807, 2.05) is 72.8 Å². The van der Waals surface area contributed by atoms with E-state index in [0.717, 1.165) is 15.7 Å². The van der Waals surface area contributed by atoms with Crippen LogP contribution in [0.1, 0.15) is 28.8 Å². The summed E-state index contributed by atoms with van der Waals surface area (Å²) >= 11 is 0. The molecule has 13 aromatic rings. The molecular weight excluding hydrogens is 763 g/mol. The van der Waals surface area contributed by atoms with Gasteiger partial charge in [0.1, 0.15) is 0 Å². The lowest BCUT2D eigenvalue weighted by atomic mass is 10.0. The summed E-state index contributed by atoms with van der Waals surface area (Å²) in [5.41, 5.74) is -0.0160. The molecule has 10 aromatic carbocycles. The second-order valence-corrected chi connectivity index (χ2v) is 14.9. The van der Waals surface area contributed by atoms with Gasteiger partial charge in [0.25, 0.3) is 0 Å². The van der Waals surface area contributed by atoms with E-state index >= 15 is 0 Å². The van der Waals surface area contributed by atoms with Crippen LogP contribution in [0.25, 0.3) is 116 Å². The largest absolute Gasteiger partial charge is 0.309 e. The Bertz CT molecular complexity index is 5140. The molecule has 13 rings (SSSR count). The molecule has 3 heterocycles. The highest BCUT2D eigenvalue weighted by atomic mass is 15.0. The average Bonchev–Trinajstić information content (AvgIpc) is 1.58. The van der Waals surface area contributed by atoms with Gasteiger partial charge >= 0.3 is 0 Å². The molecule has 3 heteroatoms. The molecule has 0 saturated carbocycles. The lowest BCUT2D eigenvalue weighted by molar-refractivity contribution is 1.17. The molecule has 0 radical (unpaired) electrons. The Morgan fingerprint density at radius 3 is 1.08 bits per heavy atom. The minimum atomic E-state index is -0.886. The standard InChI is InChI=1S/C60H39N3/c1-3-15-40(16-4-1)42-19-13-21-46(35-42)61-55-26-10-7-23-49(55)52-37-44(29-32-58(52)61)45-30-33-59-53(38-45)50-24-8-11-27-56(50)63(59)48-31-34-60-54(39-48)51-25-9-12-28-57(51)62(60)47-22-14-20-43(36-47)41-17-5-2-6-18-41/h1-39H/i7D,8D,9D,10D,11D,12D,23D,24D,25D,26D,27D,28D,29D,30D,31D,32D,33D,34D,37D,38D,39D. The summed E-state index contributed by atoms with van der Waals surface area (Å²) in [6.45, 7) is 0. The van der Waals surface area contributed by atoms with Crippen LogP contribution in [-0.2, 0) is 0 Å². The van der Waals surface area contributed by atoms with Crippen molar-refractivity contribution in [3.63, 3.8) is 0 Å². The first-order valence-electron chi connectivity index (χ1n) is 30.5. The Hall–Kier alpha value is -8.40. The first kappa shape index (κ1) is 20.4. The zero-order valence-corrected chi connectivity index (χ0v) is 32.7. The molecule has 63 heavy (non-hydrogen) atoms. The van der Waals surface area contributed by atoms with E-state index < -0.39 is 166 Å². The zero-order chi connectivity index (χ0) is 59.7. The van der Waals surface area contributed by atoms with E-state index in [1.54, 1.807) is 36.4 Å². The van der Waals surface area contributed by atoms with Crippen LogP contribution in [0.5, 0.6) is 0 Å². The highest BCUT2D eigenvalue weighted by Crippen LogP contribution is 2.40. The summed E-state index contributed by atoms with van der Waals surface area (Å²) in [5.74, 6) is 0. The molecular formula is C60H39N3. The number of benzene rings is 10. The lowest BCUT2D eigenvalue weighted by Gasteiger charge is -2.12. The molecule has 0 saturated heterocycles. The van der Waals surface area contributed by atoms with Crippen molar-refractivity contribution < 1.29 is 28.8 Å². The molecule has 3 aromatic heterocycles. The monoisotopic (exact) mass is 822 g/mol. The molecule has 0 amide bonds. The molecule has 294 valence electrons. The van der Waals surface area contributed by atoms with E-state index in [9.17, 15) is 20.6 Å². The molecule has 3 nitrogen and oxygen atoms in total. The van der Waals surface area contributed by atoms with Crippen LogP contribution in [0.15, 0.2) is 236 Å². The SMILES string of the molecule is [2H]c1c([2H])c([2H])c2c(c1[2H])c1c([2H])c(-c3c([2H])c([2H])c4c(c3[2H])c3c([2H])c([2H])c([2H])c([2H])c3n4-c3c([2H])c([2H])c4c(c3[2H])c3c([2H])c([2H])c([2H])c([2H])c3n4-c3cccc(-c4ccccc4)c3)c([2H])c([2H])c1n2-c1cccc(-c2ccccc2)c1. The van der Waals surface area contributed by atoms with E-state index in [-0.39, 0.29) is 43.6 Å². The quantitative estimate of drug-likeness (QED) is 0.159. The highest BCUT2D eigenvalue weighted by Gasteiger charge is 2.19. The third kappa shape index (κ3) is 5.60. The summed E-state index contributed by atoms with van der Waals surface area (Å²) in [6.07, 6.45) is 0. The van der Waals surface area contributed by atoms with Crippen molar-refractivity contribution in [1.29, 1.82) is 0 Å². The number of nitrogens with zero attached hydrogens (tertiary/aromatic N) is 3. The second-order valence-electron chi connectivity index (χ2n) is 14.9. The summed E-state index contributed by atoms with van der Waals surface area (Å²) < 4.78 is 202. The fourth-order valence-electron chi connectivity index (χ4n) is 8.55. The van der Waals surface area contributed by atoms with Crippen molar-refractivity contribution in [2.24, 2.45) is 0 Å². The van der Waals surface area contributed by atoms with Gasteiger partial charge in [-0.1, -0.05) is 151 Å². The maximum absolute atomic E-state index is 10.1. The highest BCUT2D eigenvalue weighted by molar-refractivity contribution is 6.14. The minimum absolute atomic E-state index is 0.143. The Morgan fingerprint density at radius 2 is 0.619 bits per heavy atom. The number of fused-ring (bicyclic) bond motifs is 9. The maximum atomic E-state index is 10.1. The molecule has 0 atom stereocenters. The molecule has 0 aliphatic carbocycles. The van der Waals surface area contributed by atoms with Crippen LogP contribution in [0.2, 0.25) is 0 Å². The van der Waals surface area contributed by atoms with Gasteiger partial charge in [0.05, 0.1) is 61.9 Å². The van der Waals surface area contributed by atoms with Crippen molar-refractivity contribution >= 4 is 65.4 Å². The van der Waals surface area contributed by atoms with Crippen molar-refractivity contribution in [3.8, 4) is 50.4 Å². The second kappa shape index (κ2) is 14.1. The molecule has 0 N–H and O–H groups in total. The first-order valence-corrected chi connectivity index (χ1v) is 20.0. The number of para-hydroxylation sites is 3. The summed E-state index contributed by atoms with van der Waals surface area (Å²) in [5, 5.41) is -1.93. The van der Waals surface area contributed by atoms with Crippen LogP contribution in [0.4, 0.5) is 0 Å². The topological polar surface area (TPSA) is 14.8 Å². The lowest BCUT2D eigenvalue weighted by Crippen LogP contribution is -1.96. The van der Waals surface area contributed by atoms with Crippen molar-refractivity contribution in [1.82, 2.24) is 13.7 Å². The third-order valence-electron chi connectivity index (χ3n) is 11.4. The summed E-state index contributed by atoms with van der Waals surface area (Å²) in [4.78, 5) is 0. The normalized spacial score (nSPS) is 16.5. The van der Waals surface area contributed by atoms with Crippen LogP contribution in [0, 0.1) is 0 Å². The smallest absolute Gasteiger partial charge is 0.0652 e. The third-order valence-corrected chi connectivity index (χ3v) is 11.4. The fourth-order valence-corrected chi connectivity index (χ4v) is 8.55. The van der Waals surface area contributed by atoms with E-state index in [2.05, 4.69) is 0 Å². The summed E-state index contributed by atoms with van der Waals surface area (Å²) in [7, 11) is 0. The van der Waals surface area contributed by atoms with Gasteiger partial charge in [-0.2, -0.15) is 0 Å². The van der Waals surface area contributed by atoms with E-state index in [4.69, 9.17) is 8.22 Å². The number of hydrogen-bond acceptors (Lipinski definition) is 0. The predicted molar refractivity (Wildman–Crippen MR) is 266 cm³/mol. The van der Waals surface area contributed by atoms with Gasteiger partial charge in [-0.05, 0) is 118 Å². The number of rotatable bonds is 6.